The Balaban J connectivity index is 1.97. The molecule has 0 bridgehead atoms. The van der Waals surface area contributed by atoms with Crippen LogP contribution >= 0.6 is 0 Å². The molecule has 0 saturated heterocycles. The van der Waals surface area contributed by atoms with Crippen LogP contribution in [0.5, 0.6) is 0 Å². The molecular weight excluding hydrogens is 424 g/mol. The van der Waals surface area contributed by atoms with Crippen molar-refractivity contribution < 1.29 is 19.2 Å². The zero-order chi connectivity index (χ0) is 23.2. The van der Waals surface area contributed by atoms with Crippen molar-refractivity contribution in [3.8, 4) is 0 Å². The number of carboxylic acid groups (broad SMARTS) is 1. The van der Waals surface area contributed by atoms with Gasteiger partial charge in [0.2, 0.25) is 0 Å². The highest BCUT2D eigenvalue weighted by molar-refractivity contribution is 7.82. The Labute approximate surface area is 194 Å². The molecule has 0 radical (unpaired) electrons. The fourth-order valence-corrected chi connectivity index (χ4v) is 4.75. The Morgan fingerprint density at radius 1 is 1.06 bits per heavy atom. The fourth-order valence-electron chi connectivity index (χ4n) is 3.54. The number of aromatic nitrogens is 1. The standard InChI is InChI=1S/C25H36N2O4S/c1-2-3-6-11-24(28)22-15-13-21(14-16-22)20-27(18-8-5-4-7-12-25(29)30)32(31)23-10-9-17-26-19-23/h9-10,13-17,19,24,28H,2-8,11-12,18,20H2,1H3,(H,29,30)/t24-,32?/m1/s1. The van der Waals surface area contributed by atoms with Crippen LogP contribution in [0.15, 0.2) is 53.7 Å². The summed E-state index contributed by atoms with van der Waals surface area (Å²) in [6.07, 6.45) is 10.4. The highest BCUT2D eigenvalue weighted by Crippen LogP contribution is 2.22. The van der Waals surface area contributed by atoms with Crippen LogP contribution in [0.3, 0.4) is 0 Å². The molecule has 2 rings (SSSR count). The first-order valence-corrected chi connectivity index (χ1v) is 12.7. The minimum absolute atomic E-state index is 0.196. The summed E-state index contributed by atoms with van der Waals surface area (Å²) in [5, 5.41) is 19.1. The van der Waals surface area contributed by atoms with Gasteiger partial charge in [0.1, 0.15) is 11.0 Å². The second-order valence-corrected chi connectivity index (χ2v) is 9.60. The van der Waals surface area contributed by atoms with Gasteiger partial charge < -0.3 is 10.2 Å². The minimum Gasteiger partial charge on any atom is -0.481 e. The second-order valence-electron chi connectivity index (χ2n) is 8.11. The number of aliphatic carboxylic acids is 1. The van der Waals surface area contributed by atoms with E-state index in [1.54, 1.807) is 18.5 Å². The Bertz CT molecular complexity index is 814. The SMILES string of the molecule is CCCCC[C@@H](O)c1ccc(CN(CCCCCCC(=O)O)S(=O)c2cccnc2)cc1. The molecule has 0 aliphatic heterocycles. The Morgan fingerprint density at radius 2 is 1.81 bits per heavy atom. The van der Waals surface area contributed by atoms with Gasteiger partial charge in [0, 0.05) is 31.9 Å². The van der Waals surface area contributed by atoms with Gasteiger partial charge in [-0.05, 0) is 42.5 Å². The van der Waals surface area contributed by atoms with E-state index in [-0.39, 0.29) is 6.42 Å². The van der Waals surface area contributed by atoms with Gasteiger partial charge >= 0.3 is 5.97 Å². The lowest BCUT2D eigenvalue weighted by Crippen LogP contribution is -2.27. The van der Waals surface area contributed by atoms with Gasteiger partial charge in [-0.2, -0.15) is 0 Å². The number of nitrogens with zero attached hydrogens (tertiary/aromatic N) is 2. The van der Waals surface area contributed by atoms with Crippen LogP contribution in [0, 0.1) is 0 Å². The summed E-state index contributed by atoms with van der Waals surface area (Å²) in [5.41, 5.74) is 1.96. The third-order valence-electron chi connectivity index (χ3n) is 5.42. The van der Waals surface area contributed by atoms with Crippen molar-refractivity contribution in [2.24, 2.45) is 0 Å². The van der Waals surface area contributed by atoms with Gasteiger partial charge in [-0.3, -0.25) is 9.78 Å². The molecule has 32 heavy (non-hydrogen) atoms. The van der Waals surface area contributed by atoms with E-state index in [0.29, 0.717) is 24.4 Å². The minimum atomic E-state index is -1.33. The molecule has 6 nitrogen and oxygen atoms in total. The Hall–Kier alpha value is -2.09. The summed E-state index contributed by atoms with van der Waals surface area (Å²) in [4.78, 5) is 15.4. The number of carboxylic acids is 1. The molecule has 0 aliphatic rings. The maximum Gasteiger partial charge on any atom is 0.303 e. The number of unbranched alkanes of at least 4 members (excludes halogenated alkanes) is 5. The maximum atomic E-state index is 13.2. The molecule has 0 amide bonds. The lowest BCUT2D eigenvalue weighted by Gasteiger charge is -2.21. The molecule has 0 saturated carbocycles. The molecule has 1 aromatic heterocycles. The first-order valence-electron chi connectivity index (χ1n) is 11.6. The number of pyridine rings is 1. The molecule has 2 atom stereocenters. The normalized spacial score (nSPS) is 13.2. The van der Waals surface area contributed by atoms with Crippen LogP contribution in [-0.2, 0) is 22.3 Å². The highest BCUT2D eigenvalue weighted by atomic mass is 32.2. The van der Waals surface area contributed by atoms with Crippen LogP contribution in [0.1, 0.15) is 81.9 Å². The number of hydrogen-bond donors (Lipinski definition) is 2. The average Bonchev–Trinajstić information content (AvgIpc) is 2.81. The molecule has 7 heteroatoms. The first-order chi connectivity index (χ1) is 15.5. The quantitative estimate of drug-likeness (QED) is 0.334. The van der Waals surface area contributed by atoms with E-state index in [1.807, 2.05) is 34.6 Å². The van der Waals surface area contributed by atoms with Crippen molar-refractivity contribution in [2.75, 3.05) is 6.54 Å². The molecule has 0 spiro atoms. The predicted molar refractivity (Wildman–Crippen MR) is 127 cm³/mol. The van der Waals surface area contributed by atoms with Crippen molar-refractivity contribution in [2.45, 2.75) is 82.3 Å². The summed E-state index contributed by atoms with van der Waals surface area (Å²) in [6.45, 7) is 3.33. The van der Waals surface area contributed by atoms with Crippen molar-refractivity contribution in [3.05, 3.63) is 59.9 Å². The van der Waals surface area contributed by atoms with Gasteiger partial charge in [0.05, 0.1) is 11.0 Å². The first kappa shape index (κ1) is 26.2. The molecule has 0 fully saturated rings. The number of aliphatic hydroxyl groups excluding tert-OH is 1. The number of benzene rings is 1. The fraction of sp³-hybridized carbons (Fsp3) is 0.520. The predicted octanol–water partition coefficient (Wildman–Crippen LogP) is 5.26. The average molecular weight is 461 g/mol. The lowest BCUT2D eigenvalue weighted by atomic mass is 10.0. The zero-order valence-electron chi connectivity index (χ0n) is 19.0. The smallest absolute Gasteiger partial charge is 0.303 e. The van der Waals surface area contributed by atoms with Crippen LogP contribution in [0.2, 0.25) is 0 Å². The lowest BCUT2D eigenvalue weighted by molar-refractivity contribution is -0.137. The Kier molecular flexibility index (Phi) is 12.2. The summed E-state index contributed by atoms with van der Waals surface area (Å²) >= 11 is 0. The third-order valence-corrected chi connectivity index (χ3v) is 6.85. The van der Waals surface area contributed by atoms with Gasteiger partial charge in [0.25, 0.3) is 0 Å². The largest absolute Gasteiger partial charge is 0.481 e. The van der Waals surface area contributed by atoms with Crippen molar-refractivity contribution in [1.29, 1.82) is 0 Å². The van der Waals surface area contributed by atoms with Crippen molar-refractivity contribution in [1.82, 2.24) is 9.29 Å². The van der Waals surface area contributed by atoms with Gasteiger partial charge in [0.15, 0.2) is 0 Å². The summed E-state index contributed by atoms with van der Waals surface area (Å²) in [5.74, 6) is -0.761. The summed E-state index contributed by atoms with van der Waals surface area (Å²) in [6, 6.07) is 11.5. The second kappa shape index (κ2) is 14.9. The molecule has 1 heterocycles. The van der Waals surface area contributed by atoms with Gasteiger partial charge in [-0.1, -0.05) is 63.3 Å². The van der Waals surface area contributed by atoms with Crippen LogP contribution in [0.4, 0.5) is 0 Å². The van der Waals surface area contributed by atoms with Crippen LogP contribution < -0.4 is 0 Å². The van der Waals surface area contributed by atoms with Gasteiger partial charge in [-0.25, -0.2) is 8.51 Å². The summed E-state index contributed by atoms with van der Waals surface area (Å²) < 4.78 is 15.1. The number of hydrogen-bond acceptors (Lipinski definition) is 4. The van der Waals surface area contributed by atoms with Crippen LogP contribution in [-0.4, -0.2) is 36.2 Å². The van der Waals surface area contributed by atoms with E-state index in [9.17, 15) is 14.1 Å². The monoisotopic (exact) mass is 460 g/mol. The topological polar surface area (TPSA) is 90.7 Å². The van der Waals surface area contributed by atoms with Crippen LogP contribution in [0.25, 0.3) is 0 Å². The zero-order valence-corrected chi connectivity index (χ0v) is 19.8. The van der Waals surface area contributed by atoms with E-state index in [4.69, 9.17) is 5.11 Å². The van der Waals surface area contributed by atoms with E-state index in [0.717, 1.165) is 56.1 Å². The highest BCUT2D eigenvalue weighted by Gasteiger charge is 2.16. The molecule has 176 valence electrons. The van der Waals surface area contributed by atoms with E-state index in [1.165, 1.54) is 0 Å². The van der Waals surface area contributed by atoms with E-state index < -0.39 is 23.1 Å². The molecule has 2 aromatic rings. The molecular formula is C25H36N2O4S. The van der Waals surface area contributed by atoms with E-state index >= 15 is 0 Å². The summed E-state index contributed by atoms with van der Waals surface area (Å²) in [7, 11) is -1.33. The van der Waals surface area contributed by atoms with Gasteiger partial charge in [-0.15, -0.1) is 0 Å². The molecule has 2 N–H and O–H groups in total. The maximum absolute atomic E-state index is 13.2. The number of aliphatic hydroxyl groups is 1. The number of carbonyl (C=O) groups is 1. The Morgan fingerprint density at radius 3 is 2.47 bits per heavy atom. The van der Waals surface area contributed by atoms with Crippen molar-refractivity contribution >= 4 is 17.0 Å². The molecule has 1 unspecified atom stereocenters. The van der Waals surface area contributed by atoms with Crippen molar-refractivity contribution in [3.63, 3.8) is 0 Å². The third kappa shape index (κ3) is 9.59. The number of rotatable bonds is 16. The molecule has 1 aromatic carbocycles. The van der Waals surface area contributed by atoms with E-state index in [2.05, 4.69) is 11.9 Å². The molecule has 0 aliphatic carbocycles.